The monoisotopic (exact) mass is 472 g/mol. The van der Waals surface area contributed by atoms with Crippen molar-refractivity contribution < 1.29 is 9.59 Å². The average Bonchev–Trinajstić information content (AvgIpc) is 3.16. The summed E-state index contributed by atoms with van der Waals surface area (Å²) < 4.78 is 1.87. The molecule has 2 N–H and O–H groups in total. The molecule has 0 bridgehead atoms. The van der Waals surface area contributed by atoms with E-state index in [-0.39, 0.29) is 24.1 Å². The van der Waals surface area contributed by atoms with Crippen LogP contribution in [0, 0.1) is 20.8 Å². The molecule has 4 aromatic rings. The van der Waals surface area contributed by atoms with E-state index in [9.17, 15) is 9.59 Å². The molecule has 0 saturated carbocycles. The lowest BCUT2D eigenvalue weighted by Gasteiger charge is -2.14. The van der Waals surface area contributed by atoms with E-state index in [0.717, 1.165) is 39.0 Å². The van der Waals surface area contributed by atoms with Gasteiger partial charge in [0.05, 0.1) is 16.8 Å². The van der Waals surface area contributed by atoms with Crippen molar-refractivity contribution >= 4 is 40.3 Å². The van der Waals surface area contributed by atoms with E-state index < -0.39 is 0 Å². The van der Waals surface area contributed by atoms with Crippen LogP contribution in [0.25, 0.3) is 11.0 Å². The van der Waals surface area contributed by atoms with Gasteiger partial charge in [0.1, 0.15) is 6.54 Å². The maximum absolute atomic E-state index is 13.0. The van der Waals surface area contributed by atoms with Gasteiger partial charge in [-0.1, -0.05) is 71.9 Å². The number of aromatic nitrogens is 2. The Hall–Kier alpha value is -3.58. The van der Waals surface area contributed by atoms with Crippen molar-refractivity contribution in [2.24, 2.45) is 0 Å². The van der Waals surface area contributed by atoms with E-state index in [1.54, 1.807) is 0 Å². The molecule has 0 fully saturated rings. The van der Waals surface area contributed by atoms with Gasteiger partial charge >= 0.3 is 0 Å². The Labute approximate surface area is 203 Å². The van der Waals surface area contributed by atoms with Crippen LogP contribution in [0.3, 0.4) is 0 Å². The number of nitrogens with one attached hydrogen (secondary N) is 2. The predicted molar refractivity (Wildman–Crippen MR) is 138 cm³/mol. The van der Waals surface area contributed by atoms with Crippen LogP contribution in [0.4, 0.5) is 5.69 Å². The van der Waals surface area contributed by atoms with Crippen LogP contribution in [0.15, 0.2) is 71.9 Å². The highest BCUT2D eigenvalue weighted by Crippen LogP contribution is 2.25. The normalized spacial score (nSPS) is 10.9. The SMILES string of the molecule is Cc1cc(C)c(NC(=O)Cn2c(SCC(=O)NCc3ccccc3)nc3ccccc32)c(C)c1. The minimum atomic E-state index is -0.131. The summed E-state index contributed by atoms with van der Waals surface area (Å²) in [5.41, 5.74) is 6.78. The molecule has 0 unspecified atom stereocenters. The first-order valence-electron chi connectivity index (χ1n) is 11.2. The highest BCUT2D eigenvalue weighted by molar-refractivity contribution is 7.99. The summed E-state index contributed by atoms with van der Waals surface area (Å²) in [6.45, 7) is 6.63. The Kier molecular flexibility index (Phi) is 7.33. The van der Waals surface area contributed by atoms with Gasteiger partial charge in [0.15, 0.2) is 5.16 Å². The summed E-state index contributed by atoms with van der Waals surface area (Å²) in [6.07, 6.45) is 0. The third-order valence-corrected chi connectivity index (χ3v) is 6.50. The van der Waals surface area contributed by atoms with Crippen LogP contribution in [-0.2, 0) is 22.7 Å². The van der Waals surface area contributed by atoms with Gasteiger partial charge in [-0.15, -0.1) is 0 Å². The third kappa shape index (κ3) is 5.66. The topological polar surface area (TPSA) is 76.0 Å². The minimum Gasteiger partial charge on any atom is -0.351 e. The molecule has 34 heavy (non-hydrogen) atoms. The van der Waals surface area contributed by atoms with E-state index >= 15 is 0 Å². The fraction of sp³-hybridized carbons (Fsp3) is 0.222. The minimum absolute atomic E-state index is 0.0807. The van der Waals surface area contributed by atoms with Crippen LogP contribution in [0.1, 0.15) is 22.3 Å². The number of fused-ring (bicyclic) bond motifs is 1. The summed E-state index contributed by atoms with van der Waals surface area (Å²) in [5.74, 6) is 0.00456. The third-order valence-electron chi connectivity index (χ3n) is 5.53. The first-order valence-corrected chi connectivity index (χ1v) is 12.2. The van der Waals surface area contributed by atoms with E-state index in [4.69, 9.17) is 0 Å². The number of anilines is 1. The number of para-hydroxylation sites is 2. The van der Waals surface area contributed by atoms with Crippen molar-refractivity contribution in [3.05, 3.63) is 89.0 Å². The number of amides is 2. The van der Waals surface area contributed by atoms with Crippen LogP contribution >= 0.6 is 11.8 Å². The first kappa shape index (κ1) is 23.6. The zero-order valence-electron chi connectivity index (χ0n) is 19.6. The van der Waals surface area contributed by atoms with E-state index in [1.807, 2.05) is 79.9 Å². The molecule has 0 atom stereocenters. The van der Waals surface area contributed by atoms with Crippen molar-refractivity contribution in [3.8, 4) is 0 Å². The molecule has 1 aromatic heterocycles. The quantitative estimate of drug-likeness (QED) is 0.354. The fourth-order valence-corrected chi connectivity index (χ4v) is 4.84. The molecule has 2 amide bonds. The van der Waals surface area contributed by atoms with Gasteiger partial charge in [-0.25, -0.2) is 4.98 Å². The van der Waals surface area contributed by atoms with E-state index in [2.05, 4.69) is 27.8 Å². The molecule has 4 rings (SSSR count). The fourth-order valence-electron chi connectivity index (χ4n) is 3.99. The number of benzene rings is 3. The molecule has 0 radical (unpaired) electrons. The Bertz CT molecular complexity index is 1310. The highest BCUT2D eigenvalue weighted by Gasteiger charge is 2.16. The van der Waals surface area contributed by atoms with Gasteiger partial charge in [-0.3, -0.25) is 9.59 Å². The second-order valence-corrected chi connectivity index (χ2v) is 9.28. The molecular formula is C27H28N4O2S. The zero-order valence-corrected chi connectivity index (χ0v) is 20.4. The van der Waals surface area contributed by atoms with Crippen molar-refractivity contribution in [3.63, 3.8) is 0 Å². The molecule has 0 aliphatic carbocycles. The number of hydrogen-bond acceptors (Lipinski definition) is 4. The van der Waals surface area contributed by atoms with Gasteiger partial charge in [0.2, 0.25) is 11.8 Å². The van der Waals surface area contributed by atoms with Crippen molar-refractivity contribution in [2.75, 3.05) is 11.1 Å². The number of carbonyl (C=O) groups is 2. The summed E-state index contributed by atoms with van der Waals surface area (Å²) in [7, 11) is 0. The number of carbonyl (C=O) groups excluding carboxylic acids is 2. The summed E-state index contributed by atoms with van der Waals surface area (Å²) in [5, 5.41) is 6.64. The Morgan fingerprint density at radius 2 is 1.59 bits per heavy atom. The van der Waals surface area contributed by atoms with Crippen LogP contribution in [-0.4, -0.2) is 27.1 Å². The predicted octanol–water partition coefficient (Wildman–Crippen LogP) is 5.01. The second kappa shape index (κ2) is 10.6. The number of thioether (sulfide) groups is 1. The standard InChI is InChI=1S/C27H28N4O2S/c1-18-13-19(2)26(20(3)14-18)30-24(32)16-31-23-12-8-7-11-22(23)29-27(31)34-17-25(33)28-15-21-9-5-4-6-10-21/h4-14H,15-17H2,1-3H3,(H,28,33)(H,30,32). The van der Waals surface area contributed by atoms with Crippen molar-refractivity contribution in [2.45, 2.75) is 39.0 Å². The van der Waals surface area contributed by atoms with Gasteiger partial charge in [-0.05, 0) is 49.6 Å². The van der Waals surface area contributed by atoms with Crippen molar-refractivity contribution in [1.29, 1.82) is 0 Å². The Balaban J connectivity index is 1.47. The van der Waals surface area contributed by atoms with Crippen LogP contribution in [0.5, 0.6) is 0 Å². The maximum atomic E-state index is 13.0. The van der Waals surface area contributed by atoms with Gasteiger partial charge in [0, 0.05) is 12.2 Å². The number of nitrogens with zero attached hydrogens (tertiary/aromatic N) is 2. The molecule has 0 saturated heterocycles. The van der Waals surface area contributed by atoms with E-state index in [0.29, 0.717) is 11.7 Å². The Morgan fingerprint density at radius 1 is 0.912 bits per heavy atom. The molecule has 1 heterocycles. The molecule has 174 valence electrons. The smallest absolute Gasteiger partial charge is 0.244 e. The zero-order chi connectivity index (χ0) is 24.1. The lowest BCUT2D eigenvalue weighted by Crippen LogP contribution is -2.25. The molecule has 6 nitrogen and oxygen atoms in total. The molecule has 0 spiro atoms. The molecule has 0 aliphatic rings. The largest absolute Gasteiger partial charge is 0.351 e. The summed E-state index contributed by atoms with van der Waals surface area (Å²) in [4.78, 5) is 30.1. The first-order chi connectivity index (χ1) is 16.4. The maximum Gasteiger partial charge on any atom is 0.244 e. The molecule has 7 heteroatoms. The van der Waals surface area contributed by atoms with E-state index in [1.165, 1.54) is 11.8 Å². The number of rotatable bonds is 8. The highest BCUT2D eigenvalue weighted by atomic mass is 32.2. The van der Waals surface area contributed by atoms with Gasteiger partial charge in [-0.2, -0.15) is 0 Å². The summed E-state index contributed by atoms with van der Waals surface area (Å²) in [6, 6.07) is 21.6. The molecule has 0 aliphatic heterocycles. The number of hydrogen-bond donors (Lipinski definition) is 2. The average molecular weight is 473 g/mol. The van der Waals surface area contributed by atoms with Crippen LogP contribution < -0.4 is 10.6 Å². The number of imidazole rings is 1. The van der Waals surface area contributed by atoms with Gasteiger partial charge in [0.25, 0.3) is 0 Å². The van der Waals surface area contributed by atoms with Crippen LogP contribution in [0.2, 0.25) is 0 Å². The lowest BCUT2D eigenvalue weighted by molar-refractivity contribution is -0.118. The van der Waals surface area contributed by atoms with Gasteiger partial charge < -0.3 is 15.2 Å². The molecular weight excluding hydrogens is 444 g/mol. The van der Waals surface area contributed by atoms with Crippen molar-refractivity contribution in [1.82, 2.24) is 14.9 Å². The molecule has 3 aromatic carbocycles. The number of aryl methyl sites for hydroxylation is 3. The Morgan fingerprint density at radius 3 is 2.32 bits per heavy atom. The lowest BCUT2D eigenvalue weighted by atomic mass is 10.1. The summed E-state index contributed by atoms with van der Waals surface area (Å²) >= 11 is 1.33. The second-order valence-electron chi connectivity index (χ2n) is 8.34.